The molecule has 0 bridgehead atoms. The third-order valence-electron chi connectivity index (χ3n) is 5.15. The number of furan rings is 1. The molecule has 3 aromatic rings. The van der Waals surface area contributed by atoms with Crippen molar-refractivity contribution >= 4 is 11.8 Å². The van der Waals surface area contributed by atoms with Gasteiger partial charge in [-0.3, -0.25) is 9.59 Å². The van der Waals surface area contributed by atoms with Crippen LogP contribution >= 0.6 is 0 Å². The van der Waals surface area contributed by atoms with Crippen molar-refractivity contribution in [2.24, 2.45) is 0 Å². The van der Waals surface area contributed by atoms with Gasteiger partial charge in [0.1, 0.15) is 18.2 Å². The zero-order valence-electron chi connectivity index (χ0n) is 19.2. The predicted octanol–water partition coefficient (Wildman–Crippen LogP) is 3.64. The summed E-state index contributed by atoms with van der Waals surface area (Å²) in [4.78, 5) is 29.1. The van der Waals surface area contributed by atoms with Crippen molar-refractivity contribution in [1.29, 1.82) is 0 Å². The average molecular weight is 469 g/mol. The Hall–Kier alpha value is -3.49. The van der Waals surface area contributed by atoms with Gasteiger partial charge < -0.3 is 23.7 Å². The molecule has 0 spiro atoms. The van der Waals surface area contributed by atoms with Crippen LogP contribution in [-0.4, -0.2) is 55.0 Å². The van der Waals surface area contributed by atoms with E-state index in [9.17, 15) is 14.0 Å². The van der Waals surface area contributed by atoms with E-state index in [1.54, 1.807) is 29.2 Å². The smallest absolute Gasteiger partial charge is 0.249 e. The number of halogens is 1. The van der Waals surface area contributed by atoms with Crippen molar-refractivity contribution in [3.8, 4) is 0 Å². The molecule has 0 aliphatic heterocycles. The molecule has 2 aromatic carbocycles. The molecule has 0 unspecified atom stereocenters. The highest BCUT2D eigenvalue weighted by atomic mass is 19.1. The van der Waals surface area contributed by atoms with Crippen molar-refractivity contribution in [1.82, 2.24) is 9.80 Å². The first-order valence-electron chi connectivity index (χ1n) is 11.0. The zero-order valence-corrected chi connectivity index (χ0v) is 19.2. The summed E-state index contributed by atoms with van der Waals surface area (Å²) in [5.74, 6) is -0.315. The molecular formula is C26H29FN2O5. The largest absolute Gasteiger partial charge is 0.467 e. The number of rotatable bonds is 13. The van der Waals surface area contributed by atoms with Crippen LogP contribution in [0.2, 0.25) is 0 Å². The van der Waals surface area contributed by atoms with Crippen LogP contribution in [0.3, 0.4) is 0 Å². The summed E-state index contributed by atoms with van der Waals surface area (Å²) in [6.45, 7) is 1.01. The van der Waals surface area contributed by atoms with Crippen LogP contribution in [0.25, 0.3) is 0 Å². The number of amides is 2. The van der Waals surface area contributed by atoms with Crippen LogP contribution in [0.15, 0.2) is 77.4 Å². The van der Waals surface area contributed by atoms with E-state index < -0.39 is 0 Å². The van der Waals surface area contributed by atoms with Crippen LogP contribution in [0.5, 0.6) is 0 Å². The van der Waals surface area contributed by atoms with E-state index in [1.807, 2.05) is 30.3 Å². The van der Waals surface area contributed by atoms with Gasteiger partial charge in [-0.25, -0.2) is 4.39 Å². The van der Waals surface area contributed by atoms with Crippen molar-refractivity contribution in [2.45, 2.75) is 19.7 Å². The normalized spacial score (nSPS) is 10.8. The number of hydrogen-bond donors (Lipinski definition) is 0. The molecule has 7 nitrogen and oxygen atoms in total. The van der Waals surface area contributed by atoms with Gasteiger partial charge in [-0.1, -0.05) is 42.5 Å². The summed E-state index contributed by atoms with van der Waals surface area (Å²) in [6.07, 6.45) is 1.54. The van der Waals surface area contributed by atoms with E-state index in [4.69, 9.17) is 13.9 Å². The van der Waals surface area contributed by atoms with Gasteiger partial charge in [-0.05, 0) is 35.4 Å². The monoisotopic (exact) mass is 468 g/mol. The Morgan fingerprint density at radius 2 is 1.65 bits per heavy atom. The van der Waals surface area contributed by atoms with E-state index in [-0.39, 0.29) is 57.0 Å². The summed E-state index contributed by atoms with van der Waals surface area (Å²) in [7, 11) is 1.54. The van der Waals surface area contributed by atoms with Crippen molar-refractivity contribution in [3.05, 3.63) is 95.7 Å². The third kappa shape index (κ3) is 8.13. The van der Waals surface area contributed by atoms with Gasteiger partial charge >= 0.3 is 0 Å². The Kier molecular flexibility index (Phi) is 9.81. The number of nitrogens with zero attached hydrogens (tertiary/aromatic N) is 2. The maximum Gasteiger partial charge on any atom is 0.249 e. The second-order valence-electron chi connectivity index (χ2n) is 7.74. The van der Waals surface area contributed by atoms with Crippen molar-refractivity contribution in [2.75, 3.05) is 33.4 Å². The number of ether oxygens (including phenoxy) is 2. The van der Waals surface area contributed by atoms with Gasteiger partial charge in [0, 0.05) is 20.2 Å². The van der Waals surface area contributed by atoms with E-state index in [1.165, 1.54) is 30.4 Å². The summed E-state index contributed by atoms with van der Waals surface area (Å²) >= 11 is 0. The summed E-state index contributed by atoms with van der Waals surface area (Å²) in [6, 6.07) is 19.0. The lowest BCUT2D eigenvalue weighted by atomic mass is 10.2. The molecule has 0 aliphatic carbocycles. The molecule has 3 rings (SSSR count). The second-order valence-corrected chi connectivity index (χ2v) is 7.74. The standard InChI is InChI=1S/C26H29FN2O5/c1-32-15-13-28(26(31)20-33-19-22-6-3-2-4-7-22)18-25(30)29(17-24-8-5-14-34-24)16-21-9-11-23(27)12-10-21/h2-12,14H,13,15-20H2,1H3. The van der Waals surface area contributed by atoms with Crippen LogP contribution in [0.4, 0.5) is 4.39 Å². The van der Waals surface area contributed by atoms with Gasteiger partial charge in [0.05, 0.1) is 32.6 Å². The summed E-state index contributed by atoms with van der Waals surface area (Å²) in [5.41, 5.74) is 1.72. The van der Waals surface area contributed by atoms with Crippen LogP contribution in [0, 0.1) is 5.82 Å². The molecule has 1 heterocycles. The van der Waals surface area contributed by atoms with Gasteiger partial charge in [0.2, 0.25) is 11.8 Å². The molecule has 0 aliphatic rings. The zero-order chi connectivity index (χ0) is 24.2. The SMILES string of the molecule is COCCN(CC(=O)N(Cc1ccc(F)cc1)Cc1ccco1)C(=O)COCc1ccccc1. The highest BCUT2D eigenvalue weighted by molar-refractivity contribution is 5.85. The number of hydrogen-bond acceptors (Lipinski definition) is 5. The highest BCUT2D eigenvalue weighted by Crippen LogP contribution is 2.13. The Morgan fingerprint density at radius 3 is 2.32 bits per heavy atom. The van der Waals surface area contributed by atoms with Crippen molar-refractivity contribution < 1.29 is 27.9 Å². The lowest BCUT2D eigenvalue weighted by Crippen LogP contribution is -2.45. The van der Waals surface area contributed by atoms with Crippen LogP contribution < -0.4 is 0 Å². The molecule has 34 heavy (non-hydrogen) atoms. The lowest BCUT2D eigenvalue weighted by molar-refractivity contribution is -0.144. The number of benzene rings is 2. The molecule has 2 amide bonds. The molecule has 0 radical (unpaired) electrons. The van der Waals surface area contributed by atoms with Gasteiger partial charge in [-0.2, -0.15) is 0 Å². The quantitative estimate of drug-likeness (QED) is 0.383. The maximum atomic E-state index is 13.3. The predicted molar refractivity (Wildman–Crippen MR) is 124 cm³/mol. The molecule has 180 valence electrons. The Morgan fingerprint density at radius 1 is 0.882 bits per heavy atom. The van der Waals surface area contributed by atoms with E-state index in [0.717, 1.165) is 11.1 Å². The Balaban J connectivity index is 1.64. The molecular weight excluding hydrogens is 439 g/mol. The fourth-order valence-corrected chi connectivity index (χ4v) is 3.31. The number of carbonyl (C=O) groups is 2. The third-order valence-corrected chi connectivity index (χ3v) is 5.15. The van der Waals surface area contributed by atoms with Crippen LogP contribution in [-0.2, 0) is 38.8 Å². The minimum atomic E-state index is -0.348. The first-order chi connectivity index (χ1) is 16.5. The van der Waals surface area contributed by atoms with Gasteiger partial charge in [-0.15, -0.1) is 0 Å². The molecule has 0 N–H and O–H groups in total. The fraction of sp³-hybridized carbons (Fsp3) is 0.308. The molecule has 1 aromatic heterocycles. The van der Waals surface area contributed by atoms with Crippen LogP contribution in [0.1, 0.15) is 16.9 Å². The summed E-state index contributed by atoms with van der Waals surface area (Å²) in [5, 5.41) is 0. The lowest BCUT2D eigenvalue weighted by Gasteiger charge is -2.27. The highest BCUT2D eigenvalue weighted by Gasteiger charge is 2.22. The molecule has 0 saturated heterocycles. The van der Waals surface area contributed by atoms with Crippen molar-refractivity contribution in [3.63, 3.8) is 0 Å². The fourth-order valence-electron chi connectivity index (χ4n) is 3.31. The topological polar surface area (TPSA) is 72.2 Å². The first kappa shape index (κ1) is 25.1. The minimum Gasteiger partial charge on any atom is -0.467 e. The molecule has 8 heteroatoms. The molecule has 0 fully saturated rings. The Bertz CT molecular complexity index is 1010. The average Bonchev–Trinajstić information content (AvgIpc) is 3.36. The van der Waals surface area contributed by atoms with E-state index in [2.05, 4.69) is 0 Å². The van der Waals surface area contributed by atoms with Gasteiger partial charge in [0.25, 0.3) is 0 Å². The number of methoxy groups -OCH3 is 1. The van der Waals surface area contributed by atoms with E-state index in [0.29, 0.717) is 12.4 Å². The second kappa shape index (κ2) is 13.3. The minimum absolute atomic E-state index is 0.140. The summed E-state index contributed by atoms with van der Waals surface area (Å²) < 4.78 is 29.4. The first-order valence-corrected chi connectivity index (χ1v) is 11.0. The Labute approximate surface area is 198 Å². The van der Waals surface area contributed by atoms with E-state index >= 15 is 0 Å². The van der Waals surface area contributed by atoms with Gasteiger partial charge in [0.15, 0.2) is 0 Å². The maximum absolute atomic E-state index is 13.3. The molecule has 0 saturated carbocycles. The molecule has 0 atom stereocenters. The number of carbonyl (C=O) groups excluding carboxylic acids is 2.